The fourth-order valence-corrected chi connectivity index (χ4v) is 4.13. The SMILES string of the molecule is Cc1cc(OC(=O)c2ccc(OC(=O)OCc3ccccc3)cc2)ccc1OC(=O)c1ccc(OC(=O)OCc2ccccc2)cc1. The van der Waals surface area contributed by atoms with Crippen LogP contribution in [0.2, 0.25) is 0 Å². The molecule has 47 heavy (non-hydrogen) atoms. The first kappa shape index (κ1) is 32.0. The van der Waals surface area contributed by atoms with Crippen LogP contribution in [0.15, 0.2) is 127 Å². The van der Waals surface area contributed by atoms with Gasteiger partial charge < -0.3 is 28.4 Å². The first-order valence-corrected chi connectivity index (χ1v) is 14.3. The van der Waals surface area contributed by atoms with Crippen molar-refractivity contribution in [1.82, 2.24) is 0 Å². The zero-order valence-corrected chi connectivity index (χ0v) is 25.1. The number of hydrogen-bond acceptors (Lipinski definition) is 10. The van der Waals surface area contributed by atoms with Crippen LogP contribution in [0.5, 0.6) is 23.0 Å². The second-order valence-electron chi connectivity index (χ2n) is 10.0. The standard InChI is InChI=1S/C37H28O10/c1-25-22-32(44-34(38)28-12-16-30(17-13-28)45-36(40)42-23-26-8-4-2-5-9-26)20-21-33(25)47-35(39)29-14-18-31(19-15-29)46-37(41)43-24-27-10-6-3-7-11-27/h2-22H,23-24H2,1H3. The second-order valence-corrected chi connectivity index (χ2v) is 10.0. The van der Waals surface area contributed by atoms with Crippen LogP contribution in [0, 0.1) is 6.92 Å². The Kier molecular flexibility index (Phi) is 10.6. The minimum absolute atomic E-state index is 0.0690. The van der Waals surface area contributed by atoms with Crippen LogP contribution in [0.1, 0.15) is 37.4 Å². The van der Waals surface area contributed by atoms with Crippen molar-refractivity contribution < 1.29 is 47.6 Å². The smallest absolute Gasteiger partial charge is 0.429 e. The summed E-state index contributed by atoms with van der Waals surface area (Å²) in [6.07, 6.45) is -1.74. The van der Waals surface area contributed by atoms with E-state index in [1.54, 1.807) is 13.0 Å². The van der Waals surface area contributed by atoms with Crippen molar-refractivity contribution in [2.24, 2.45) is 0 Å². The summed E-state index contributed by atoms with van der Waals surface area (Å²) in [6.45, 7) is 1.83. The van der Waals surface area contributed by atoms with Gasteiger partial charge in [0.1, 0.15) is 36.2 Å². The number of esters is 2. The molecule has 5 aromatic carbocycles. The number of carbonyl (C=O) groups excluding carboxylic acids is 4. The summed E-state index contributed by atoms with van der Waals surface area (Å²) >= 11 is 0. The van der Waals surface area contributed by atoms with Gasteiger partial charge in [0.15, 0.2) is 0 Å². The minimum atomic E-state index is -0.872. The van der Waals surface area contributed by atoms with Gasteiger partial charge in [0.25, 0.3) is 0 Å². The first-order chi connectivity index (χ1) is 22.8. The Morgan fingerprint density at radius 1 is 0.468 bits per heavy atom. The highest BCUT2D eigenvalue weighted by Crippen LogP contribution is 2.26. The van der Waals surface area contributed by atoms with Crippen molar-refractivity contribution >= 4 is 24.2 Å². The summed E-state index contributed by atoms with van der Waals surface area (Å²) in [4.78, 5) is 49.4. The van der Waals surface area contributed by atoms with Gasteiger partial charge in [-0.15, -0.1) is 0 Å². The predicted molar refractivity (Wildman–Crippen MR) is 168 cm³/mol. The molecule has 0 radical (unpaired) electrons. The van der Waals surface area contributed by atoms with Gasteiger partial charge in [-0.3, -0.25) is 0 Å². The lowest BCUT2D eigenvalue weighted by Gasteiger charge is -2.11. The molecule has 5 rings (SSSR count). The highest BCUT2D eigenvalue weighted by atomic mass is 16.7. The third-order valence-electron chi connectivity index (χ3n) is 6.54. The van der Waals surface area contributed by atoms with E-state index in [4.69, 9.17) is 28.4 Å². The molecule has 0 amide bonds. The molecule has 0 fully saturated rings. The number of benzene rings is 5. The number of ether oxygens (including phenoxy) is 6. The topological polar surface area (TPSA) is 124 Å². The molecule has 10 heteroatoms. The molecule has 0 unspecified atom stereocenters. The third-order valence-corrected chi connectivity index (χ3v) is 6.54. The molecule has 0 atom stereocenters. The molecule has 0 aliphatic rings. The molecule has 5 aromatic rings. The quantitative estimate of drug-likeness (QED) is 0.0854. The molecule has 236 valence electrons. The van der Waals surface area contributed by atoms with Crippen LogP contribution in [0.3, 0.4) is 0 Å². The molecule has 0 spiro atoms. The molecule has 0 bridgehead atoms. The van der Waals surface area contributed by atoms with E-state index in [1.165, 1.54) is 60.7 Å². The number of aryl methyl sites for hydroxylation is 1. The molecule has 0 aromatic heterocycles. The Morgan fingerprint density at radius 3 is 1.34 bits per heavy atom. The maximum Gasteiger partial charge on any atom is 0.514 e. The van der Waals surface area contributed by atoms with Gasteiger partial charge in [0, 0.05) is 0 Å². The Balaban J connectivity index is 1.08. The van der Waals surface area contributed by atoms with E-state index in [9.17, 15) is 19.2 Å². The largest absolute Gasteiger partial charge is 0.514 e. The Bertz CT molecular complexity index is 1830. The maximum atomic E-state index is 12.7. The van der Waals surface area contributed by atoms with Crippen LogP contribution in [-0.2, 0) is 22.7 Å². The van der Waals surface area contributed by atoms with E-state index in [0.29, 0.717) is 5.56 Å². The van der Waals surface area contributed by atoms with Gasteiger partial charge >= 0.3 is 24.2 Å². The lowest BCUT2D eigenvalue weighted by atomic mass is 10.2. The second kappa shape index (κ2) is 15.5. The van der Waals surface area contributed by atoms with E-state index >= 15 is 0 Å². The summed E-state index contributed by atoms with van der Waals surface area (Å²) in [5, 5.41) is 0. The predicted octanol–water partition coefficient (Wildman–Crippen LogP) is 7.86. The van der Waals surface area contributed by atoms with Gasteiger partial charge in [0.05, 0.1) is 11.1 Å². The summed E-state index contributed by atoms with van der Waals surface area (Å²) in [5.41, 5.74) is 2.63. The average molecular weight is 633 g/mol. The summed E-state index contributed by atoms with van der Waals surface area (Å²) in [6, 6.07) is 34.5. The van der Waals surface area contributed by atoms with Crippen LogP contribution >= 0.6 is 0 Å². The summed E-state index contributed by atoms with van der Waals surface area (Å²) < 4.78 is 31.4. The van der Waals surface area contributed by atoms with E-state index in [-0.39, 0.29) is 47.3 Å². The van der Waals surface area contributed by atoms with E-state index < -0.39 is 24.2 Å². The maximum absolute atomic E-state index is 12.7. The molecular weight excluding hydrogens is 604 g/mol. The zero-order valence-electron chi connectivity index (χ0n) is 25.1. The number of carbonyl (C=O) groups is 4. The molecule has 0 saturated heterocycles. The minimum Gasteiger partial charge on any atom is -0.429 e. The normalized spacial score (nSPS) is 10.3. The average Bonchev–Trinajstić information content (AvgIpc) is 3.09. The van der Waals surface area contributed by atoms with Crippen LogP contribution in [-0.4, -0.2) is 24.2 Å². The van der Waals surface area contributed by atoms with Gasteiger partial charge in [0.2, 0.25) is 0 Å². The van der Waals surface area contributed by atoms with Crippen molar-refractivity contribution in [3.8, 4) is 23.0 Å². The van der Waals surface area contributed by atoms with Gasteiger partial charge in [-0.25, -0.2) is 19.2 Å². The molecule has 0 aliphatic carbocycles. The highest BCUT2D eigenvalue weighted by Gasteiger charge is 2.15. The van der Waals surface area contributed by atoms with Gasteiger partial charge in [-0.2, -0.15) is 0 Å². The lowest BCUT2D eigenvalue weighted by molar-refractivity contribution is 0.0718. The number of hydrogen-bond donors (Lipinski definition) is 0. The van der Waals surface area contributed by atoms with E-state index in [0.717, 1.165) is 11.1 Å². The van der Waals surface area contributed by atoms with Gasteiger partial charge in [-0.1, -0.05) is 60.7 Å². The Labute approximate surface area is 270 Å². The summed E-state index contributed by atoms with van der Waals surface area (Å²) in [5.74, 6) is -0.380. The molecule has 10 nitrogen and oxygen atoms in total. The van der Waals surface area contributed by atoms with Crippen LogP contribution in [0.25, 0.3) is 0 Å². The van der Waals surface area contributed by atoms with Crippen molar-refractivity contribution in [3.05, 3.63) is 155 Å². The van der Waals surface area contributed by atoms with E-state index in [2.05, 4.69) is 0 Å². The monoisotopic (exact) mass is 632 g/mol. The van der Waals surface area contributed by atoms with Crippen LogP contribution < -0.4 is 18.9 Å². The van der Waals surface area contributed by atoms with Crippen LogP contribution in [0.4, 0.5) is 9.59 Å². The van der Waals surface area contributed by atoms with Crippen molar-refractivity contribution in [3.63, 3.8) is 0 Å². The highest BCUT2D eigenvalue weighted by molar-refractivity contribution is 5.92. The fraction of sp³-hybridized carbons (Fsp3) is 0.0811. The molecule has 0 heterocycles. The van der Waals surface area contributed by atoms with Crippen molar-refractivity contribution in [2.45, 2.75) is 20.1 Å². The molecule has 0 aliphatic heterocycles. The Morgan fingerprint density at radius 2 is 0.894 bits per heavy atom. The van der Waals surface area contributed by atoms with Crippen molar-refractivity contribution in [2.75, 3.05) is 0 Å². The zero-order chi connectivity index (χ0) is 33.0. The van der Waals surface area contributed by atoms with E-state index in [1.807, 2.05) is 60.7 Å². The number of rotatable bonds is 10. The Hall–Kier alpha value is -6.42. The molecule has 0 saturated carbocycles. The fourth-order valence-electron chi connectivity index (χ4n) is 4.13. The van der Waals surface area contributed by atoms with Crippen molar-refractivity contribution in [1.29, 1.82) is 0 Å². The summed E-state index contributed by atoms with van der Waals surface area (Å²) in [7, 11) is 0. The third kappa shape index (κ3) is 9.53. The molecule has 0 N–H and O–H groups in total. The molecular formula is C37H28O10. The lowest BCUT2D eigenvalue weighted by Crippen LogP contribution is -2.12. The first-order valence-electron chi connectivity index (χ1n) is 14.3. The van der Waals surface area contributed by atoms with Gasteiger partial charge in [-0.05, 0) is 90.3 Å².